The van der Waals surface area contributed by atoms with Crippen LogP contribution in [0.3, 0.4) is 0 Å². The predicted octanol–water partition coefficient (Wildman–Crippen LogP) is 2.07. The Morgan fingerprint density at radius 3 is 2.72 bits per heavy atom. The number of anilines is 1. The van der Waals surface area contributed by atoms with Crippen LogP contribution in [0.15, 0.2) is 27.8 Å². The van der Waals surface area contributed by atoms with Crippen LogP contribution in [0.1, 0.15) is 39.0 Å². The van der Waals surface area contributed by atoms with Crippen LogP contribution in [0.4, 0.5) is 5.69 Å². The topological polar surface area (TPSA) is 121 Å². The van der Waals surface area contributed by atoms with Crippen molar-refractivity contribution in [1.29, 1.82) is 0 Å². The molecule has 8 nitrogen and oxygen atoms in total. The number of nitrogens with one attached hydrogen (secondary N) is 3. The number of fused-ring (bicyclic) bond motifs is 2. The van der Waals surface area contributed by atoms with Gasteiger partial charge in [-0.2, -0.15) is 0 Å². The first kappa shape index (κ1) is 16.8. The van der Waals surface area contributed by atoms with Gasteiger partial charge in [0.15, 0.2) is 11.2 Å². The molecule has 0 aliphatic carbocycles. The van der Waals surface area contributed by atoms with Crippen molar-refractivity contribution in [2.45, 2.75) is 39.0 Å². The highest BCUT2D eigenvalue weighted by molar-refractivity contribution is 5.93. The average molecular weight is 341 g/mol. The van der Waals surface area contributed by atoms with Gasteiger partial charge in [0, 0.05) is 12.1 Å². The molecule has 0 saturated carbocycles. The fraction of sp³-hybridized carbons (Fsp3) is 0.353. The minimum absolute atomic E-state index is 0.0472. The van der Waals surface area contributed by atoms with E-state index in [1.54, 1.807) is 18.2 Å². The Kier molecular flexibility index (Phi) is 4.87. The lowest BCUT2D eigenvalue weighted by molar-refractivity contribution is -0.116. The molecule has 3 N–H and O–H groups in total. The first-order valence-electron chi connectivity index (χ1n) is 8.31. The number of unbranched alkanes of at least 4 members (excludes halogenated alkanes) is 3. The highest BCUT2D eigenvalue weighted by Crippen LogP contribution is 2.17. The van der Waals surface area contributed by atoms with Crippen LogP contribution >= 0.6 is 0 Å². The van der Waals surface area contributed by atoms with Crippen molar-refractivity contribution < 1.29 is 4.79 Å². The largest absolute Gasteiger partial charge is 0.327 e. The Morgan fingerprint density at radius 2 is 1.92 bits per heavy atom. The zero-order valence-corrected chi connectivity index (χ0v) is 13.9. The van der Waals surface area contributed by atoms with Gasteiger partial charge in [0.1, 0.15) is 0 Å². The Balaban J connectivity index is 1.84. The van der Waals surface area contributed by atoms with E-state index in [4.69, 9.17) is 0 Å². The summed E-state index contributed by atoms with van der Waals surface area (Å²) in [5.74, 6) is -0.0472. The number of carbonyl (C=O) groups excluding carboxylic acids is 1. The molecule has 0 unspecified atom stereocenters. The van der Waals surface area contributed by atoms with E-state index in [1.807, 2.05) is 0 Å². The summed E-state index contributed by atoms with van der Waals surface area (Å²) >= 11 is 0. The smallest absolute Gasteiger partial charge is 0.326 e. The standard InChI is InChI=1S/C17H19N5O3/c1-2-3-4-5-6-13(23)18-10-7-8-11-12(9-10)20-15-14(19-11)16(24)22-17(25)21-15/h7-9H,2-6H2,1H3,(H,18,23)(H2,20,21,22,24,25). The number of H-pyrrole nitrogens is 2. The fourth-order valence-corrected chi connectivity index (χ4v) is 2.61. The molecule has 0 fully saturated rings. The van der Waals surface area contributed by atoms with Crippen LogP contribution in [0, 0.1) is 0 Å². The van der Waals surface area contributed by atoms with E-state index in [0.717, 1.165) is 25.7 Å². The zero-order valence-electron chi connectivity index (χ0n) is 13.9. The summed E-state index contributed by atoms with van der Waals surface area (Å²) in [6.45, 7) is 2.13. The van der Waals surface area contributed by atoms with Crippen molar-refractivity contribution in [1.82, 2.24) is 19.9 Å². The van der Waals surface area contributed by atoms with Crippen molar-refractivity contribution in [3.05, 3.63) is 39.0 Å². The van der Waals surface area contributed by atoms with Crippen LogP contribution in [-0.4, -0.2) is 25.8 Å². The number of nitrogens with zero attached hydrogens (tertiary/aromatic N) is 2. The highest BCUT2D eigenvalue weighted by Gasteiger charge is 2.08. The van der Waals surface area contributed by atoms with Crippen LogP contribution in [0.25, 0.3) is 22.2 Å². The normalized spacial score (nSPS) is 11.1. The SMILES string of the molecule is CCCCCCC(=O)Nc1ccc2nc3c(=O)[nH]c(=O)[nH]c3nc2c1. The minimum atomic E-state index is -0.636. The molecule has 0 saturated heterocycles. The van der Waals surface area contributed by atoms with E-state index in [1.165, 1.54) is 0 Å². The summed E-state index contributed by atoms with van der Waals surface area (Å²) in [5.41, 5.74) is 0.557. The molecule has 1 aromatic carbocycles. The monoisotopic (exact) mass is 341 g/mol. The number of aromatic nitrogens is 4. The molecule has 0 spiro atoms. The second-order valence-electron chi connectivity index (χ2n) is 5.89. The van der Waals surface area contributed by atoms with Gasteiger partial charge in [0.2, 0.25) is 5.91 Å². The van der Waals surface area contributed by atoms with Crippen molar-refractivity contribution in [2.75, 3.05) is 5.32 Å². The molecular weight excluding hydrogens is 322 g/mol. The summed E-state index contributed by atoms with van der Waals surface area (Å²) in [6.07, 6.45) is 4.64. The molecule has 8 heteroatoms. The van der Waals surface area contributed by atoms with E-state index >= 15 is 0 Å². The quantitative estimate of drug-likeness (QED) is 0.468. The number of hydrogen-bond donors (Lipinski definition) is 3. The summed E-state index contributed by atoms with van der Waals surface area (Å²) in [5, 5.41) is 2.84. The number of amides is 1. The summed E-state index contributed by atoms with van der Waals surface area (Å²) in [7, 11) is 0. The van der Waals surface area contributed by atoms with Gasteiger partial charge >= 0.3 is 5.69 Å². The molecule has 2 heterocycles. The van der Waals surface area contributed by atoms with Gasteiger partial charge in [0.05, 0.1) is 11.0 Å². The lowest BCUT2D eigenvalue weighted by atomic mass is 10.1. The Hall–Kier alpha value is -3.03. The zero-order chi connectivity index (χ0) is 17.8. The van der Waals surface area contributed by atoms with Gasteiger partial charge < -0.3 is 5.32 Å². The predicted molar refractivity (Wildman–Crippen MR) is 95.7 cm³/mol. The maximum atomic E-state index is 12.0. The van der Waals surface area contributed by atoms with Gasteiger partial charge in [-0.1, -0.05) is 26.2 Å². The van der Waals surface area contributed by atoms with Gasteiger partial charge in [0.25, 0.3) is 5.56 Å². The molecule has 0 radical (unpaired) electrons. The van der Waals surface area contributed by atoms with E-state index < -0.39 is 11.2 Å². The molecule has 3 aromatic rings. The van der Waals surface area contributed by atoms with E-state index in [-0.39, 0.29) is 17.1 Å². The summed E-state index contributed by atoms with van der Waals surface area (Å²) in [4.78, 5) is 48.2. The maximum Gasteiger partial charge on any atom is 0.327 e. The van der Waals surface area contributed by atoms with E-state index in [0.29, 0.717) is 23.1 Å². The number of hydrogen-bond acceptors (Lipinski definition) is 5. The van der Waals surface area contributed by atoms with E-state index in [9.17, 15) is 14.4 Å². The molecule has 0 aliphatic heterocycles. The van der Waals surface area contributed by atoms with Crippen molar-refractivity contribution in [2.24, 2.45) is 0 Å². The van der Waals surface area contributed by atoms with Gasteiger partial charge in [-0.3, -0.25) is 19.6 Å². The molecule has 1 amide bonds. The lowest BCUT2D eigenvalue weighted by Crippen LogP contribution is -2.23. The Bertz CT molecular complexity index is 1040. The highest BCUT2D eigenvalue weighted by atomic mass is 16.2. The second-order valence-corrected chi connectivity index (χ2v) is 5.89. The van der Waals surface area contributed by atoms with Crippen LogP contribution < -0.4 is 16.6 Å². The van der Waals surface area contributed by atoms with Crippen LogP contribution in [0.2, 0.25) is 0 Å². The van der Waals surface area contributed by atoms with Gasteiger partial charge in [-0.25, -0.2) is 14.8 Å². The lowest BCUT2D eigenvalue weighted by Gasteiger charge is -2.06. The first-order valence-corrected chi connectivity index (χ1v) is 8.31. The Labute approximate surface area is 142 Å². The Morgan fingerprint density at radius 1 is 1.08 bits per heavy atom. The maximum absolute atomic E-state index is 12.0. The summed E-state index contributed by atoms with van der Waals surface area (Å²) < 4.78 is 0. The molecule has 0 bridgehead atoms. The third-order valence-electron chi connectivity index (χ3n) is 3.88. The number of rotatable bonds is 6. The average Bonchev–Trinajstić information content (AvgIpc) is 2.57. The molecule has 3 rings (SSSR count). The van der Waals surface area contributed by atoms with Gasteiger partial charge in [-0.05, 0) is 24.6 Å². The molecule has 2 aromatic heterocycles. The fourth-order valence-electron chi connectivity index (χ4n) is 2.61. The van der Waals surface area contributed by atoms with E-state index in [2.05, 4.69) is 32.2 Å². The molecule has 0 atom stereocenters. The molecule has 0 aliphatic rings. The number of aromatic amines is 2. The van der Waals surface area contributed by atoms with Crippen LogP contribution in [0.5, 0.6) is 0 Å². The number of benzene rings is 1. The van der Waals surface area contributed by atoms with Gasteiger partial charge in [-0.15, -0.1) is 0 Å². The molecule has 130 valence electrons. The van der Waals surface area contributed by atoms with Crippen molar-refractivity contribution in [3.63, 3.8) is 0 Å². The first-order chi connectivity index (χ1) is 12.1. The summed E-state index contributed by atoms with van der Waals surface area (Å²) in [6, 6.07) is 5.07. The van der Waals surface area contributed by atoms with Crippen molar-refractivity contribution >= 4 is 33.8 Å². The minimum Gasteiger partial charge on any atom is -0.326 e. The number of carbonyl (C=O) groups is 1. The third kappa shape index (κ3) is 3.90. The second kappa shape index (κ2) is 7.25. The molecule has 25 heavy (non-hydrogen) atoms. The molecular formula is C17H19N5O3. The van der Waals surface area contributed by atoms with Crippen LogP contribution in [-0.2, 0) is 4.79 Å². The van der Waals surface area contributed by atoms with Crippen molar-refractivity contribution in [3.8, 4) is 0 Å². The third-order valence-corrected chi connectivity index (χ3v) is 3.88.